The molecule has 0 radical (unpaired) electrons. The van der Waals surface area contributed by atoms with E-state index < -0.39 is 12.5 Å². The van der Waals surface area contributed by atoms with Crippen molar-refractivity contribution in [3.63, 3.8) is 0 Å². The molecule has 4 heteroatoms. The highest BCUT2D eigenvalue weighted by Crippen LogP contribution is 2.17. The van der Waals surface area contributed by atoms with Crippen molar-refractivity contribution in [1.82, 2.24) is 4.98 Å². The van der Waals surface area contributed by atoms with Crippen LogP contribution in [-0.4, -0.2) is 30.5 Å². The maximum absolute atomic E-state index is 12.1. The summed E-state index contributed by atoms with van der Waals surface area (Å²) in [5.41, 5.74) is 0.350. The van der Waals surface area contributed by atoms with E-state index in [4.69, 9.17) is 0 Å². The van der Waals surface area contributed by atoms with Gasteiger partial charge in [-0.05, 0) is 31.4 Å². The van der Waals surface area contributed by atoms with Crippen LogP contribution in [0.15, 0.2) is 18.3 Å². The smallest absolute Gasteiger partial charge is 0.195 e. The van der Waals surface area contributed by atoms with E-state index in [0.29, 0.717) is 5.56 Å². The number of halogens is 1. The molecule has 0 N–H and O–H groups in total. The third kappa shape index (κ3) is 2.38. The van der Waals surface area contributed by atoms with E-state index in [9.17, 15) is 9.18 Å². The van der Waals surface area contributed by atoms with Crippen molar-refractivity contribution in [3.05, 3.63) is 23.9 Å². The molecule has 0 amide bonds. The van der Waals surface area contributed by atoms with Crippen molar-refractivity contribution in [2.75, 3.05) is 24.7 Å². The van der Waals surface area contributed by atoms with Crippen LogP contribution in [-0.2, 0) is 0 Å². The van der Waals surface area contributed by atoms with E-state index in [0.717, 1.165) is 18.9 Å². The molecule has 1 aliphatic heterocycles. The third-order valence-electron chi connectivity index (χ3n) is 2.87. The zero-order valence-corrected chi connectivity index (χ0v) is 9.16. The number of Topliss-reactive ketones (excluding diaryl/α,β-unsaturated/α-hetero) is 1. The standard InChI is InChI=1S/C12H15FN2O/c13-8-11(16)10-4-5-12(14-9-10)15-6-2-1-3-7-15/h4-5,9H,1-3,6-8H2. The van der Waals surface area contributed by atoms with Crippen LogP contribution >= 0.6 is 0 Å². The maximum atomic E-state index is 12.1. The van der Waals surface area contributed by atoms with Gasteiger partial charge in [0, 0.05) is 24.8 Å². The van der Waals surface area contributed by atoms with E-state index in [-0.39, 0.29) is 0 Å². The van der Waals surface area contributed by atoms with Crippen LogP contribution in [0, 0.1) is 0 Å². The van der Waals surface area contributed by atoms with Crippen LogP contribution in [0.5, 0.6) is 0 Å². The van der Waals surface area contributed by atoms with E-state index >= 15 is 0 Å². The number of pyridine rings is 1. The largest absolute Gasteiger partial charge is 0.357 e. The molecule has 1 aromatic rings. The number of nitrogens with zero attached hydrogens (tertiary/aromatic N) is 2. The number of rotatable bonds is 3. The number of piperidine rings is 1. The first kappa shape index (κ1) is 11.0. The molecule has 2 rings (SSSR count). The molecule has 86 valence electrons. The number of hydrogen-bond donors (Lipinski definition) is 0. The third-order valence-corrected chi connectivity index (χ3v) is 2.87. The molecular weight excluding hydrogens is 207 g/mol. The molecule has 1 aliphatic rings. The summed E-state index contributed by atoms with van der Waals surface area (Å²) >= 11 is 0. The Morgan fingerprint density at radius 1 is 1.31 bits per heavy atom. The Hall–Kier alpha value is -1.45. The second kappa shape index (κ2) is 5.05. The highest BCUT2D eigenvalue weighted by Gasteiger charge is 2.12. The van der Waals surface area contributed by atoms with Crippen molar-refractivity contribution in [2.45, 2.75) is 19.3 Å². The molecule has 1 fully saturated rings. The van der Waals surface area contributed by atoms with Gasteiger partial charge in [-0.25, -0.2) is 9.37 Å². The van der Waals surface area contributed by atoms with Gasteiger partial charge in [-0.1, -0.05) is 0 Å². The summed E-state index contributed by atoms with van der Waals surface area (Å²) in [6.07, 6.45) is 5.11. The van der Waals surface area contributed by atoms with E-state index in [1.165, 1.54) is 25.5 Å². The zero-order chi connectivity index (χ0) is 11.4. The number of alkyl halides is 1. The molecule has 0 aromatic carbocycles. The lowest BCUT2D eigenvalue weighted by Crippen LogP contribution is -2.30. The molecule has 0 saturated carbocycles. The van der Waals surface area contributed by atoms with Crippen LogP contribution in [0.1, 0.15) is 29.6 Å². The number of ketones is 1. The minimum Gasteiger partial charge on any atom is -0.357 e. The van der Waals surface area contributed by atoms with Gasteiger partial charge in [-0.2, -0.15) is 0 Å². The molecule has 16 heavy (non-hydrogen) atoms. The number of carbonyl (C=O) groups is 1. The first-order valence-corrected chi connectivity index (χ1v) is 5.61. The molecule has 0 aliphatic carbocycles. The summed E-state index contributed by atoms with van der Waals surface area (Å²) in [7, 11) is 0. The number of anilines is 1. The molecule has 1 saturated heterocycles. The minimum absolute atomic E-state index is 0.350. The molecule has 0 spiro atoms. The van der Waals surface area contributed by atoms with Gasteiger partial charge >= 0.3 is 0 Å². The highest BCUT2D eigenvalue weighted by molar-refractivity contribution is 5.96. The van der Waals surface area contributed by atoms with Gasteiger partial charge in [0.1, 0.15) is 5.82 Å². The van der Waals surface area contributed by atoms with E-state index in [1.54, 1.807) is 12.1 Å². The SMILES string of the molecule is O=C(CF)c1ccc(N2CCCCC2)nc1. The van der Waals surface area contributed by atoms with Crippen LogP contribution in [0.2, 0.25) is 0 Å². The summed E-state index contributed by atoms with van der Waals surface area (Å²) in [6.45, 7) is 1.08. The van der Waals surface area contributed by atoms with Gasteiger partial charge in [-0.15, -0.1) is 0 Å². The molecule has 1 aromatic heterocycles. The number of aromatic nitrogens is 1. The molecule has 0 unspecified atom stereocenters. The summed E-state index contributed by atoms with van der Waals surface area (Å²) in [5.74, 6) is 0.382. The van der Waals surface area contributed by atoms with Gasteiger partial charge in [0.15, 0.2) is 12.5 Å². The first-order valence-electron chi connectivity index (χ1n) is 5.61. The predicted molar refractivity (Wildman–Crippen MR) is 60.6 cm³/mol. The average molecular weight is 222 g/mol. The van der Waals surface area contributed by atoms with Crippen molar-refractivity contribution < 1.29 is 9.18 Å². The lowest BCUT2D eigenvalue weighted by Gasteiger charge is -2.27. The van der Waals surface area contributed by atoms with E-state index in [2.05, 4.69) is 9.88 Å². The Labute approximate surface area is 94.3 Å². The molecule has 0 atom stereocenters. The van der Waals surface area contributed by atoms with E-state index in [1.807, 2.05) is 0 Å². The summed E-state index contributed by atoms with van der Waals surface area (Å²) in [4.78, 5) is 17.5. The van der Waals surface area contributed by atoms with Gasteiger partial charge in [0.2, 0.25) is 0 Å². The number of hydrogen-bond acceptors (Lipinski definition) is 3. The maximum Gasteiger partial charge on any atom is 0.195 e. The fourth-order valence-electron chi connectivity index (χ4n) is 1.94. The quantitative estimate of drug-likeness (QED) is 0.735. The Bertz CT molecular complexity index is 358. The molecular formula is C12H15FN2O. The van der Waals surface area contributed by atoms with Crippen molar-refractivity contribution in [2.24, 2.45) is 0 Å². The lowest BCUT2D eigenvalue weighted by atomic mass is 10.1. The molecule has 3 nitrogen and oxygen atoms in total. The van der Waals surface area contributed by atoms with Crippen LogP contribution < -0.4 is 4.90 Å². The monoisotopic (exact) mass is 222 g/mol. The van der Waals surface area contributed by atoms with Crippen molar-refractivity contribution in [1.29, 1.82) is 0 Å². The molecule has 0 bridgehead atoms. The number of carbonyl (C=O) groups excluding carboxylic acids is 1. The summed E-state index contributed by atoms with van der Waals surface area (Å²) < 4.78 is 12.1. The lowest BCUT2D eigenvalue weighted by molar-refractivity contribution is 0.0958. The fourth-order valence-corrected chi connectivity index (χ4v) is 1.94. The van der Waals surface area contributed by atoms with Gasteiger partial charge in [-0.3, -0.25) is 4.79 Å². The average Bonchev–Trinajstić information content (AvgIpc) is 2.39. The van der Waals surface area contributed by atoms with Crippen LogP contribution in [0.3, 0.4) is 0 Å². The van der Waals surface area contributed by atoms with Gasteiger partial charge in [0.25, 0.3) is 0 Å². The van der Waals surface area contributed by atoms with Crippen LogP contribution in [0.25, 0.3) is 0 Å². The first-order chi connectivity index (χ1) is 7.81. The Morgan fingerprint density at radius 3 is 2.62 bits per heavy atom. The van der Waals surface area contributed by atoms with Gasteiger partial charge < -0.3 is 4.90 Å². The fraction of sp³-hybridized carbons (Fsp3) is 0.500. The Morgan fingerprint density at radius 2 is 2.06 bits per heavy atom. The van der Waals surface area contributed by atoms with Gasteiger partial charge in [0.05, 0.1) is 0 Å². The van der Waals surface area contributed by atoms with Crippen molar-refractivity contribution >= 4 is 11.6 Å². The molecule has 2 heterocycles. The van der Waals surface area contributed by atoms with Crippen molar-refractivity contribution in [3.8, 4) is 0 Å². The summed E-state index contributed by atoms with van der Waals surface area (Å²) in [6, 6.07) is 3.45. The zero-order valence-electron chi connectivity index (χ0n) is 9.16. The Balaban J connectivity index is 2.09. The topological polar surface area (TPSA) is 33.2 Å². The van der Waals surface area contributed by atoms with Crippen LogP contribution in [0.4, 0.5) is 10.2 Å². The summed E-state index contributed by atoms with van der Waals surface area (Å²) in [5, 5.41) is 0. The minimum atomic E-state index is -0.954. The second-order valence-electron chi connectivity index (χ2n) is 4.01. The second-order valence-corrected chi connectivity index (χ2v) is 4.01. The normalized spacial score (nSPS) is 16.2. The predicted octanol–water partition coefficient (Wildman–Crippen LogP) is 2.22. The highest BCUT2D eigenvalue weighted by atomic mass is 19.1. The Kier molecular flexibility index (Phi) is 3.49.